The molecule has 1 heterocycles. The van der Waals surface area contributed by atoms with Crippen LogP contribution in [0.3, 0.4) is 0 Å². The predicted molar refractivity (Wildman–Crippen MR) is 65.7 cm³/mol. The van der Waals surface area contributed by atoms with Crippen molar-refractivity contribution in [1.29, 1.82) is 0 Å². The van der Waals surface area contributed by atoms with Gasteiger partial charge < -0.3 is 4.74 Å². The minimum Gasteiger partial charge on any atom is -0.379 e. The van der Waals surface area contributed by atoms with Crippen molar-refractivity contribution in [2.75, 3.05) is 6.61 Å². The number of rotatable bonds is 3. The standard InChI is InChI=1S/C6H12.C5H10O.C2H6/c1-3-5-6-4-2;1-5-3-2-4-6-5;1-2/h3H,1,4-6H2,2H3;5H,2-4H2,1H3;1-2H3. The maximum Gasteiger partial charge on any atom is 0.0547 e. The van der Waals surface area contributed by atoms with Gasteiger partial charge in [0, 0.05) is 6.61 Å². The van der Waals surface area contributed by atoms with Gasteiger partial charge in [0.25, 0.3) is 0 Å². The van der Waals surface area contributed by atoms with Gasteiger partial charge in [-0.2, -0.15) is 0 Å². The molecule has 0 aromatic rings. The van der Waals surface area contributed by atoms with E-state index in [2.05, 4.69) is 20.4 Å². The highest BCUT2D eigenvalue weighted by Crippen LogP contribution is 2.09. The minimum atomic E-state index is 0.546. The molecular formula is C13H28O. The molecule has 0 saturated carbocycles. The molecule has 0 amide bonds. The fraction of sp³-hybridized carbons (Fsp3) is 0.846. The summed E-state index contributed by atoms with van der Waals surface area (Å²) >= 11 is 0. The second-order valence-corrected chi connectivity index (χ2v) is 3.25. The molecule has 86 valence electrons. The first kappa shape index (κ1) is 16.1. The molecule has 1 rings (SSSR count). The molecule has 1 aliphatic heterocycles. The van der Waals surface area contributed by atoms with Gasteiger partial charge in [0.2, 0.25) is 0 Å². The van der Waals surface area contributed by atoms with E-state index in [1.807, 2.05) is 19.9 Å². The Bertz CT molecular complexity index is 93.4. The molecule has 0 aromatic carbocycles. The minimum absolute atomic E-state index is 0.546. The average Bonchev–Trinajstić information content (AvgIpc) is 2.70. The van der Waals surface area contributed by atoms with Crippen LogP contribution < -0.4 is 0 Å². The number of hydrogen-bond donors (Lipinski definition) is 0. The van der Waals surface area contributed by atoms with E-state index in [1.54, 1.807) is 0 Å². The van der Waals surface area contributed by atoms with Gasteiger partial charge in [-0.1, -0.05) is 39.7 Å². The largest absolute Gasteiger partial charge is 0.379 e. The Kier molecular flexibility index (Phi) is 17.5. The van der Waals surface area contributed by atoms with E-state index in [0.29, 0.717) is 6.10 Å². The van der Waals surface area contributed by atoms with Crippen molar-refractivity contribution in [2.45, 2.75) is 65.9 Å². The van der Waals surface area contributed by atoms with Crippen LogP contribution in [0.5, 0.6) is 0 Å². The lowest BCUT2D eigenvalue weighted by Gasteiger charge is -1.94. The number of allylic oxidation sites excluding steroid dienone is 1. The van der Waals surface area contributed by atoms with Crippen molar-refractivity contribution in [1.82, 2.24) is 0 Å². The molecule has 1 nitrogen and oxygen atoms in total. The lowest BCUT2D eigenvalue weighted by atomic mass is 10.3. The van der Waals surface area contributed by atoms with Crippen molar-refractivity contribution in [3.63, 3.8) is 0 Å². The summed E-state index contributed by atoms with van der Waals surface area (Å²) in [4.78, 5) is 0. The van der Waals surface area contributed by atoms with Crippen LogP contribution in [0.2, 0.25) is 0 Å². The van der Waals surface area contributed by atoms with Crippen LogP contribution >= 0.6 is 0 Å². The van der Waals surface area contributed by atoms with Gasteiger partial charge in [-0.05, 0) is 26.2 Å². The highest BCUT2D eigenvalue weighted by molar-refractivity contribution is 4.64. The Morgan fingerprint density at radius 2 is 2.07 bits per heavy atom. The molecule has 14 heavy (non-hydrogen) atoms. The van der Waals surface area contributed by atoms with Crippen molar-refractivity contribution >= 4 is 0 Å². The van der Waals surface area contributed by atoms with E-state index in [-0.39, 0.29) is 0 Å². The van der Waals surface area contributed by atoms with E-state index >= 15 is 0 Å². The fourth-order valence-electron chi connectivity index (χ4n) is 1.09. The van der Waals surface area contributed by atoms with Gasteiger partial charge in [-0.3, -0.25) is 0 Å². The van der Waals surface area contributed by atoms with Crippen LogP contribution in [0.15, 0.2) is 12.7 Å². The van der Waals surface area contributed by atoms with E-state index in [1.165, 1.54) is 32.1 Å². The highest BCUT2D eigenvalue weighted by atomic mass is 16.5. The van der Waals surface area contributed by atoms with Crippen LogP contribution in [0, 0.1) is 0 Å². The van der Waals surface area contributed by atoms with Crippen LogP contribution in [0.1, 0.15) is 59.8 Å². The Morgan fingerprint density at radius 1 is 1.43 bits per heavy atom. The molecule has 0 aliphatic carbocycles. The first-order valence-electron chi connectivity index (χ1n) is 6.03. The van der Waals surface area contributed by atoms with Crippen LogP contribution in [-0.4, -0.2) is 12.7 Å². The first-order valence-corrected chi connectivity index (χ1v) is 6.03. The van der Waals surface area contributed by atoms with Crippen molar-refractivity contribution in [2.24, 2.45) is 0 Å². The molecule has 1 saturated heterocycles. The first-order chi connectivity index (χ1) is 6.81. The predicted octanol–water partition coefficient (Wildman–Crippen LogP) is 4.57. The molecule has 0 radical (unpaired) electrons. The van der Waals surface area contributed by atoms with Gasteiger partial charge in [0.15, 0.2) is 0 Å². The third-order valence-corrected chi connectivity index (χ3v) is 1.92. The summed E-state index contributed by atoms with van der Waals surface area (Å²) < 4.78 is 5.15. The zero-order valence-electron chi connectivity index (χ0n) is 10.5. The molecule has 0 N–H and O–H groups in total. The third-order valence-electron chi connectivity index (χ3n) is 1.92. The maximum absolute atomic E-state index is 5.15. The Labute approximate surface area is 90.5 Å². The third kappa shape index (κ3) is 14.2. The quantitative estimate of drug-likeness (QED) is 0.479. The molecule has 0 aromatic heterocycles. The molecule has 0 spiro atoms. The zero-order chi connectivity index (χ0) is 11.2. The van der Waals surface area contributed by atoms with Gasteiger partial charge in [0.05, 0.1) is 6.10 Å². The van der Waals surface area contributed by atoms with E-state index in [9.17, 15) is 0 Å². The second-order valence-electron chi connectivity index (χ2n) is 3.25. The summed E-state index contributed by atoms with van der Waals surface area (Å²) in [5, 5.41) is 0. The number of unbranched alkanes of at least 4 members (excludes halogenated alkanes) is 2. The Hall–Kier alpha value is -0.300. The lowest BCUT2D eigenvalue weighted by molar-refractivity contribution is 0.125. The van der Waals surface area contributed by atoms with E-state index in [4.69, 9.17) is 4.74 Å². The summed E-state index contributed by atoms with van der Waals surface area (Å²) in [6, 6.07) is 0. The van der Waals surface area contributed by atoms with Crippen LogP contribution in [-0.2, 0) is 4.74 Å². The van der Waals surface area contributed by atoms with Crippen LogP contribution in [0.4, 0.5) is 0 Å². The molecule has 0 bridgehead atoms. The number of hydrogen-bond acceptors (Lipinski definition) is 1. The van der Waals surface area contributed by atoms with Crippen molar-refractivity contribution < 1.29 is 4.74 Å². The van der Waals surface area contributed by atoms with Gasteiger partial charge >= 0.3 is 0 Å². The van der Waals surface area contributed by atoms with Crippen molar-refractivity contribution in [3.05, 3.63) is 12.7 Å². The molecule has 1 atom stereocenters. The summed E-state index contributed by atoms with van der Waals surface area (Å²) in [7, 11) is 0. The van der Waals surface area contributed by atoms with Gasteiger partial charge in [-0.25, -0.2) is 0 Å². The van der Waals surface area contributed by atoms with Gasteiger partial charge in [-0.15, -0.1) is 6.58 Å². The Balaban J connectivity index is 0. The summed E-state index contributed by atoms with van der Waals surface area (Å²) in [6.45, 7) is 12.9. The SMILES string of the molecule is C=CCCCC.CC.CC1CCCO1. The topological polar surface area (TPSA) is 9.23 Å². The Morgan fingerprint density at radius 3 is 2.21 bits per heavy atom. The van der Waals surface area contributed by atoms with E-state index < -0.39 is 0 Å². The molecule has 1 aliphatic rings. The smallest absolute Gasteiger partial charge is 0.0547 e. The average molecular weight is 200 g/mol. The summed E-state index contributed by atoms with van der Waals surface area (Å²) in [5.74, 6) is 0. The molecular weight excluding hydrogens is 172 g/mol. The highest BCUT2D eigenvalue weighted by Gasteiger charge is 2.07. The molecule has 1 unspecified atom stereocenters. The summed E-state index contributed by atoms with van der Waals surface area (Å²) in [6.07, 6.45) is 8.79. The van der Waals surface area contributed by atoms with E-state index in [0.717, 1.165) is 6.61 Å². The van der Waals surface area contributed by atoms with Gasteiger partial charge in [0.1, 0.15) is 0 Å². The number of ether oxygens (including phenoxy) is 1. The maximum atomic E-state index is 5.15. The molecule has 1 heteroatoms. The van der Waals surface area contributed by atoms with Crippen LogP contribution in [0.25, 0.3) is 0 Å². The fourth-order valence-corrected chi connectivity index (χ4v) is 1.09. The monoisotopic (exact) mass is 200 g/mol. The second kappa shape index (κ2) is 15.2. The summed E-state index contributed by atoms with van der Waals surface area (Å²) in [5.41, 5.74) is 0. The lowest BCUT2D eigenvalue weighted by Crippen LogP contribution is -1.94. The normalized spacial score (nSPS) is 18.7. The zero-order valence-corrected chi connectivity index (χ0v) is 10.5. The van der Waals surface area contributed by atoms with Crippen molar-refractivity contribution in [3.8, 4) is 0 Å². The molecule has 1 fully saturated rings.